The molecule has 0 fully saturated rings. The van der Waals surface area contributed by atoms with Crippen molar-refractivity contribution in [3.05, 3.63) is 34.9 Å². The average molecular weight is 286 g/mol. The van der Waals surface area contributed by atoms with Gasteiger partial charge in [0, 0.05) is 0 Å². The molecule has 110 valence electrons. The van der Waals surface area contributed by atoms with Gasteiger partial charge in [-0.25, -0.2) is 0 Å². The number of hydrogen-bond acceptors (Lipinski definition) is 1. The van der Waals surface area contributed by atoms with Gasteiger partial charge >= 0.3 is 7.60 Å². The zero-order valence-corrected chi connectivity index (χ0v) is 13.4. The van der Waals surface area contributed by atoms with Crippen LogP contribution in [0, 0.1) is 0 Å². The maximum absolute atomic E-state index is 10.7. The molecule has 0 aliphatic rings. The lowest BCUT2D eigenvalue weighted by molar-refractivity contribution is 0.377. The summed E-state index contributed by atoms with van der Waals surface area (Å²) in [5.41, 5.74) is 3.76. The minimum absolute atomic E-state index is 0.151. The molecule has 0 unspecified atom stereocenters. The molecule has 4 heteroatoms. The highest BCUT2D eigenvalue weighted by Crippen LogP contribution is 2.34. The predicted octanol–water partition coefficient (Wildman–Crippen LogP) is 4.58. The van der Waals surface area contributed by atoms with E-state index in [4.69, 9.17) is 9.79 Å². The van der Waals surface area contributed by atoms with Gasteiger partial charge in [0.1, 0.15) is 0 Å². The molecular weight excluding hydrogens is 259 g/mol. The SMILES string of the molecule is CC(C)=CCCC(C)=CCCC(C)=CCP(=O)(O)O. The maximum atomic E-state index is 10.7. The van der Waals surface area contributed by atoms with E-state index >= 15 is 0 Å². The summed E-state index contributed by atoms with van der Waals surface area (Å²) in [4.78, 5) is 17.5. The fourth-order valence-corrected chi connectivity index (χ4v) is 2.16. The first kappa shape index (κ1) is 18.4. The molecule has 0 bridgehead atoms. The highest BCUT2D eigenvalue weighted by molar-refractivity contribution is 7.51. The van der Waals surface area contributed by atoms with Crippen LogP contribution in [0.25, 0.3) is 0 Å². The Morgan fingerprint density at radius 2 is 1.37 bits per heavy atom. The van der Waals surface area contributed by atoms with Crippen LogP contribution in [0.2, 0.25) is 0 Å². The van der Waals surface area contributed by atoms with Crippen molar-refractivity contribution in [2.75, 3.05) is 6.16 Å². The highest BCUT2D eigenvalue weighted by atomic mass is 31.2. The summed E-state index contributed by atoms with van der Waals surface area (Å²) in [6.45, 7) is 8.26. The standard InChI is InChI=1S/C15H27O3P/c1-13(2)7-5-8-14(3)9-6-10-15(4)11-12-19(16,17)18/h7,9,11H,5-6,8,10,12H2,1-4H3,(H2,16,17,18). The minimum atomic E-state index is -3.89. The largest absolute Gasteiger partial charge is 0.329 e. The summed E-state index contributed by atoms with van der Waals surface area (Å²) < 4.78 is 10.7. The van der Waals surface area contributed by atoms with Gasteiger partial charge in [0.15, 0.2) is 0 Å². The molecule has 0 aliphatic carbocycles. The zero-order valence-electron chi connectivity index (χ0n) is 12.5. The van der Waals surface area contributed by atoms with Gasteiger partial charge < -0.3 is 9.79 Å². The molecule has 0 saturated carbocycles. The van der Waals surface area contributed by atoms with E-state index < -0.39 is 7.60 Å². The topological polar surface area (TPSA) is 57.5 Å². The summed E-state index contributed by atoms with van der Waals surface area (Å²) in [6, 6.07) is 0. The van der Waals surface area contributed by atoms with Crippen LogP contribution in [0.15, 0.2) is 34.9 Å². The van der Waals surface area contributed by atoms with E-state index in [0.717, 1.165) is 31.3 Å². The summed E-state index contributed by atoms with van der Waals surface area (Å²) >= 11 is 0. The Hall–Kier alpha value is -0.630. The first-order chi connectivity index (χ1) is 8.70. The van der Waals surface area contributed by atoms with Crippen molar-refractivity contribution in [3.63, 3.8) is 0 Å². The molecule has 2 N–H and O–H groups in total. The van der Waals surface area contributed by atoms with E-state index in [0.29, 0.717) is 0 Å². The van der Waals surface area contributed by atoms with Crippen molar-refractivity contribution in [2.24, 2.45) is 0 Å². The van der Waals surface area contributed by atoms with Crippen molar-refractivity contribution in [1.29, 1.82) is 0 Å². The van der Waals surface area contributed by atoms with Gasteiger partial charge in [-0.05, 0) is 53.4 Å². The van der Waals surface area contributed by atoms with Gasteiger partial charge in [0.25, 0.3) is 0 Å². The third-order valence-electron chi connectivity index (χ3n) is 2.80. The molecule has 0 radical (unpaired) electrons. The fraction of sp³-hybridized carbons (Fsp3) is 0.600. The molecule has 0 aromatic carbocycles. The third kappa shape index (κ3) is 13.6. The van der Waals surface area contributed by atoms with Crippen LogP contribution in [0.1, 0.15) is 53.4 Å². The van der Waals surface area contributed by atoms with Crippen molar-refractivity contribution in [1.82, 2.24) is 0 Å². The van der Waals surface area contributed by atoms with Crippen LogP contribution in [-0.4, -0.2) is 15.9 Å². The molecule has 0 amide bonds. The Kier molecular flexibility index (Phi) is 8.99. The molecule has 0 aromatic heterocycles. The number of hydrogen-bond donors (Lipinski definition) is 2. The quantitative estimate of drug-likeness (QED) is 0.507. The molecule has 0 saturated heterocycles. The highest BCUT2D eigenvalue weighted by Gasteiger charge is 2.09. The molecule has 0 aromatic rings. The van der Waals surface area contributed by atoms with E-state index in [-0.39, 0.29) is 6.16 Å². The second-order valence-corrected chi connectivity index (χ2v) is 7.00. The van der Waals surface area contributed by atoms with Gasteiger partial charge in [0.05, 0.1) is 6.16 Å². The van der Waals surface area contributed by atoms with Gasteiger partial charge in [-0.15, -0.1) is 0 Å². The van der Waals surface area contributed by atoms with E-state index in [2.05, 4.69) is 32.9 Å². The molecule has 0 spiro atoms. The van der Waals surface area contributed by atoms with E-state index in [1.807, 2.05) is 6.92 Å². The number of allylic oxidation sites excluding steroid dienone is 6. The van der Waals surface area contributed by atoms with Crippen LogP contribution in [0.4, 0.5) is 0 Å². The Morgan fingerprint density at radius 3 is 1.84 bits per heavy atom. The monoisotopic (exact) mass is 286 g/mol. The van der Waals surface area contributed by atoms with Crippen molar-refractivity contribution >= 4 is 7.60 Å². The zero-order chi connectivity index (χ0) is 14.9. The minimum Gasteiger partial charge on any atom is -0.324 e. The van der Waals surface area contributed by atoms with Crippen LogP contribution >= 0.6 is 7.60 Å². The summed E-state index contributed by atoms with van der Waals surface area (Å²) in [6.07, 6.45) is 9.91. The first-order valence-corrected chi connectivity index (χ1v) is 8.49. The predicted molar refractivity (Wildman–Crippen MR) is 82.3 cm³/mol. The lowest BCUT2D eigenvalue weighted by Gasteiger charge is -2.02. The second kappa shape index (κ2) is 9.30. The van der Waals surface area contributed by atoms with Gasteiger partial charge in [-0.1, -0.05) is 34.9 Å². The van der Waals surface area contributed by atoms with Crippen molar-refractivity contribution in [3.8, 4) is 0 Å². The molecule has 0 rings (SSSR count). The Bertz CT molecular complexity index is 396. The lowest BCUT2D eigenvalue weighted by Crippen LogP contribution is -1.86. The van der Waals surface area contributed by atoms with Gasteiger partial charge in [-0.3, -0.25) is 4.57 Å². The van der Waals surface area contributed by atoms with E-state index in [1.165, 1.54) is 11.1 Å². The van der Waals surface area contributed by atoms with Crippen LogP contribution in [0.5, 0.6) is 0 Å². The molecular formula is C15H27O3P. The number of rotatable bonds is 8. The van der Waals surface area contributed by atoms with Crippen molar-refractivity contribution < 1.29 is 14.4 Å². The van der Waals surface area contributed by atoms with Crippen LogP contribution < -0.4 is 0 Å². The normalized spacial score (nSPS) is 13.6. The van der Waals surface area contributed by atoms with Gasteiger partial charge in [0.2, 0.25) is 0 Å². The molecule has 0 atom stereocenters. The van der Waals surface area contributed by atoms with Crippen LogP contribution in [0.3, 0.4) is 0 Å². The van der Waals surface area contributed by atoms with E-state index in [1.54, 1.807) is 6.08 Å². The van der Waals surface area contributed by atoms with Gasteiger partial charge in [-0.2, -0.15) is 0 Å². The Morgan fingerprint density at radius 1 is 0.895 bits per heavy atom. The third-order valence-corrected chi connectivity index (χ3v) is 3.46. The van der Waals surface area contributed by atoms with Crippen molar-refractivity contribution in [2.45, 2.75) is 53.4 Å². The van der Waals surface area contributed by atoms with E-state index in [9.17, 15) is 4.57 Å². The first-order valence-electron chi connectivity index (χ1n) is 6.70. The molecule has 0 aliphatic heterocycles. The molecule has 3 nitrogen and oxygen atoms in total. The lowest BCUT2D eigenvalue weighted by atomic mass is 10.1. The maximum Gasteiger partial charge on any atom is 0.329 e. The molecule has 0 heterocycles. The van der Waals surface area contributed by atoms with Crippen LogP contribution in [-0.2, 0) is 4.57 Å². The summed E-state index contributed by atoms with van der Waals surface area (Å²) in [5, 5.41) is 0. The summed E-state index contributed by atoms with van der Waals surface area (Å²) in [7, 11) is -3.89. The Balaban J connectivity index is 4.00. The summed E-state index contributed by atoms with van der Waals surface area (Å²) in [5.74, 6) is 0. The smallest absolute Gasteiger partial charge is 0.324 e. The fourth-order valence-electron chi connectivity index (χ4n) is 1.61. The average Bonchev–Trinajstić information content (AvgIpc) is 2.25. The Labute approximate surface area is 117 Å². The molecule has 19 heavy (non-hydrogen) atoms. The second-order valence-electron chi connectivity index (χ2n) is 5.31.